The lowest BCUT2D eigenvalue weighted by Crippen LogP contribution is -2.05. The predicted molar refractivity (Wildman–Crippen MR) is 270 cm³/mol. The fourth-order valence-electron chi connectivity index (χ4n) is 10.3. The van der Waals surface area contributed by atoms with Crippen LogP contribution >= 0.6 is 0 Å². The van der Waals surface area contributed by atoms with E-state index in [2.05, 4.69) is 152 Å². The molecule has 0 aliphatic heterocycles. The van der Waals surface area contributed by atoms with Gasteiger partial charge in [0.1, 0.15) is 0 Å². The molecule has 0 fully saturated rings. The topological polar surface area (TPSA) is 33.6 Å². The van der Waals surface area contributed by atoms with Crippen LogP contribution in [0.4, 0.5) is 13.2 Å². The van der Waals surface area contributed by atoms with Gasteiger partial charge in [-0.2, -0.15) is 18.4 Å². The van der Waals surface area contributed by atoms with Crippen LogP contribution in [0.2, 0.25) is 0 Å². The number of para-hydroxylation sites is 2. The van der Waals surface area contributed by atoms with Gasteiger partial charge in [0.2, 0.25) is 0 Å². The van der Waals surface area contributed by atoms with Crippen molar-refractivity contribution in [1.82, 2.24) is 9.13 Å². The number of rotatable bonds is 6. The molecule has 0 bridgehead atoms. The smallest absolute Gasteiger partial charge is 0.309 e. The molecule has 6 heteroatoms. The number of aromatic nitrogens is 2. The minimum absolute atomic E-state index is 0.453. The van der Waals surface area contributed by atoms with Gasteiger partial charge in [0.25, 0.3) is 0 Å². The quantitative estimate of drug-likeness (QED) is 0.164. The molecule has 0 saturated carbocycles. The van der Waals surface area contributed by atoms with E-state index in [-0.39, 0.29) is 0 Å². The maximum atomic E-state index is 14.4. The van der Waals surface area contributed by atoms with Crippen molar-refractivity contribution in [2.24, 2.45) is 0 Å². The van der Waals surface area contributed by atoms with Crippen LogP contribution in [0, 0.1) is 45.9 Å². The summed E-state index contributed by atoms with van der Waals surface area (Å²) in [7, 11) is 0. The molecule has 324 valence electrons. The molecule has 0 unspecified atom stereocenters. The van der Waals surface area contributed by atoms with Gasteiger partial charge in [-0.3, -0.25) is 0 Å². The molecule has 11 aromatic rings. The van der Waals surface area contributed by atoms with E-state index in [0.29, 0.717) is 22.3 Å². The predicted octanol–water partition coefficient (Wildman–Crippen LogP) is 17.0. The summed E-state index contributed by atoms with van der Waals surface area (Å²) >= 11 is 0. The molecule has 0 spiro atoms. The van der Waals surface area contributed by atoms with E-state index in [1.807, 2.05) is 48.5 Å². The van der Waals surface area contributed by atoms with Crippen LogP contribution in [-0.4, -0.2) is 9.13 Å². The van der Waals surface area contributed by atoms with E-state index in [4.69, 9.17) is 0 Å². The minimum atomic E-state index is -4.52. The summed E-state index contributed by atoms with van der Waals surface area (Å²) in [6.07, 6.45) is -4.52. The first-order valence-corrected chi connectivity index (χ1v) is 22.4. The normalized spacial score (nSPS) is 11.9. The molecule has 0 N–H and O–H groups in total. The van der Waals surface area contributed by atoms with E-state index in [9.17, 15) is 18.4 Å². The Labute approximate surface area is 387 Å². The molecule has 67 heavy (non-hydrogen) atoms. The molecule has 11 rings (SSSR count). The number of alkyl halides is 3. The van der Waals surface area contributed by atoms with Gasteiger partial charge in [0, 0.05) is 32.7 Å². The van der Waals surface area contributed by atoms with Crippen molar-refractivity contribution >= 4 is 43.6 Å². The second kappa shape index (κ2) is 15.8. The van der Waals surface area contributed by atoms with Crippen LogP contribution in [-0.2, 0) is 6.18 Å². The first-order chi connectivity index (χ1) is 32.3. The van der Waals surface area contributed by atoms with E-state index in [1.165, 1.54) is 39.9 Å². The van der Waals surface area contributed by atoms with E-state index >= 15 is 0 Å². The molecule has 2 aromatic heterocycles. The Hall–Kier alpha value is -8.14. The zero-order chi connectivity index (χ0) is 46.3. The van der Waals surface area contributed by atoms with Gasteiger partial charge in [-0.1, -0.05) is 108 Å². The lowest BCUT2D eigenvalue weighted by molar-refractivity contribution is -0.137. The Balaban J connectivity index is 1.22. The van der Waals surface area contributed by atoms with Gasteiger partial charge in [-0.25, -0.2) is 0 Å². The number of halogens is 3. The number of benzene rings is 9. The summed E-state index contributed by atoms with van der Waals surface area (Å²) in [4.78, 5) is 0. The Bertz CT molecular complexity index is 3870. The highest BCUT2D eigenvalue weighted by molar-refractivity contribution is 6.13. The van der Waals surface area contributed by atoms with Crippen molar-refractivity contribution in [1.29, 1.82) is 5.26 Å². The Morgan fingerprint density at radius 1 is 0.388 bits per heavy atom. The summed E-state index contributed by atoms with van der Waals surface area (Å²) in [5.74, 6) is 0. The number of hydrogen-bond acceptors (Lipinski definition) is 1. The second-order valence-corrected chi connectivity index (χ2v) is 18.0. The molecule has 0 atom stereocenters. The van der Waals surface area contributed by atoms with Gasteiger partial charge < -0.3 is 9.13 Å². The molecule has 0 amide bonds. The maximum Gasteiger partial charge on any atom is 0.416 e. The summed E-state index contributed by atoms with van der Waals surface area (Å²) in [6, 6.07) is 61.3. The summed E-state index contributed by atoms with van der Waals surface area (Å²) in [5, 5.41) is 14.8. The van der Waals surface area contributed by atoms with Gasteiger partial charge in [-0.15, -0.1) is 0 Å². The van der Waals surface area contributed by atoms with E-state index in [0.717, 1.165) is 82.8 Å². The summed E-state index contributed by atoms with van der Waals surface area (Å²) in [5.41, 5.74) is 17.8. The number of nitriles is 1. The van der Waals surface area contributed by atoms with Crippen molar-refractivity contribution in [2.75, 3.05) is 0 Å². The first-order valence-electron chi connectivity index (χ1n) is 22.4. The van der Waals surface area contributed by atoms with E-state index < -0.39 is 11.7 Å². The Morgan fingerprint density at radius 2 is 0.881 bits per heavy atom. The molecule has 0 aliphatic carbocycles. The molecule has 0 aliphatic rings. The Morgan fingerprint density at radius 3 is 1.40 bits per heavy atom. The first kappa shape index (κ1) is 41.6. The SMILES string of the molecule is Cc1cc(-c2ccc(-n3c4ccccc4c4cc(-c5ccc(C)cc5C)ccc43)c(-c3cc(C#N)ccc3-n3c4ccccc4c4cc(-c5ccc(C)cc5C)ccc43)c2)cc(C(F)(F)F)c1. The second-order valence-electron chi connectivity index (χ2n) is 18.0. The lowest BCUT2D eigenvalue weighted by atomic mass is 9.93. The van der Waals surface area contributed by atoms with Crippen molar-refractivity contribution in [2.45, 2.75) is 40.8 Å². The monoisotopic (exact) mass is 875 g/mol. The van der Waals surface area contributed by atoms with Crippen LogP contribution in [0.15, 0.2) is 176 Å². The van der Waals surface area contributed by atoms with Crippen molar-refractivity contribution in [3.8, 4) is 62.0 Å². The number of aryl methyl sites for hydroxylation is 5. The van der Waals surface area contributed by atoms with Gasteiger partial charge in [0.05, 0.1) is 50.6 Å². The van der Waals surface area contributed by atoms with Crippen LogP contribution in [0.3, 0.4) is 0 Å². The number of nitrogens with zero attached hydrogens (tertiary/aromatic N) is 3. The van der Waals surface area contributed by atoms with Gasteiger partial charge >= 0.3 is 6.18 Å². The molecule has 9 aromatic carbocycles. The highest BCUT2D eigenvalue weighted by atomic mass is 19.4. The van der Waals surface area contributed by atoms with Crippen molar-refractivity contribution in [3.63, 3.8) is 0 Å². The Kier molecular flexibility index (Phi) is 9.79. The van der Waals surface area contributed by atoms with Gasteiger partial charge in [0.15, 0.2) is 0 Å². The fraction of sp³-hybridized carbons (Fsp3) is 0.0984. The van der Waals surface area contributed by atoms with Crippen LogP contribution < -0.4 is 0 Å². The molecule has 0 saturated heterocycles. The van der Waals surface area contributed by atoms with E-state index in [1.54, 1.807) is 13.0 Å². The molecule has 0 radical (unpaired) electrons. The van der Waals surface area contributed by atoms with Gasteiger partial charge in [-0.05, 0) is 164 Å². The zero-order valence-electron chi connectivity index (χ0n) is 37.7. The average Bonchev–Trinajstić information content (AvgIpc) is 3.82. The standard InChI is InChI=1S/C61H44F3N3/c1-36-14-20-47(39(4)26-36)43-18-24-58-52(33-43)49-10-6-8-12-55(49)66(58)57-22-16-41(35-65)30-51(57)54-32-42(45-28-38(3)29-46(31-45)61(62,63)64)17-23-60(54)67-56-13-9-7-11-50(56)53-34-44(19-25-59(53)67)48-21-15-37(2)27-40(48)5/h6-34H,1-5H3. The van der Waals surface area contributed by atoms with Crippen molar-refractivity contribution < 1.29 is 13.2 Å². The minimum Gasteiger partial charge on any atom is -0.309 e. The maximum absolute atomic E-state index is 14.4. The zero-order valence-corrected chi connectivity index (χ0v) is 37.7. The van der Waals surface area contributed by atoms with Crippen LogP contribution in [0.25, 0.3) is 99.5 Å². The third kappa shape index (κ3) is 7.06. The number of hydrogen-bond donors (Lipinski definition) is 0. The molecular weight excluding hydrogens is 832 g/mol. The summed E-state index contributed by atoms with van der Waals surface area (Å²) in [6.45, 7) is 10.2. The third-order valence-electron chi connectivity index (χ3n) is 13.4. The molecule has 3 nitrogen and oxygen atoms in total. The number of fused-ring (bicyclic) bond motifs is 6. The summed E-state index contributed by atoms with van der Waals surface area (Å²) < 4.78 is 47.7. The highest BCUT2D eigenvalue weighted by Gasteiger charge is 2.31. The fourth-order valence-corrected chi connectivity index (χ4v) is 10.3. The third-order valence-corrected chi connectivity index (χ3v) is 13.4. The lowest BCUT2D eigenvalue weighted by Gasteiger charge is -2.20. The molecular formula is C61H44F3N3. The largest absolute Gasteiger partial charge is 0.416 e. The van der Waals surface area contributed by atoms with Crippen LogP contribution in [0.1, 0.15) is 38.9 Å². The highest BCUT2D eigenvalue weighted by Crippen LogP contribution is 2.45. The average molecular weight is 876 g/mol. The van der Waals surface area contributed by atoms with Crippen LogP contribution in [0.5, 0.6) is 0 Å². The van der Waals surface area contributed by atoms with Crippen molar-refractivity contribution in [3.05, 3.63) is 215 Å². The molecule has 2 heterocycles.